The molecule has 1 heterocycles. The van der Waals surface area contributed by atoms with Gasteiger partial charge >= 0.3 is 6.18 Å². The van der Waals surface area contributed by atoms with Crippen LogP contribution in [0.5, 0.6) is 0 Å². The van der Waals surface area contributed by atoms with E-state index in [1.54, 1.807) is 6.26 Å². The molecule has 186 valence electrons. The number of para-hydroxylation sites is 1. The van der Waals surface area contributed by atoms with Crippen molar-refractivity contribution in [1.82, 2.24) is 0 Å². The van der Waals surface area contributed by atoms with Crippen molar-refractivity contribution in [3.05, 3.63) is 53.1 Å². The molecule has 1 aliphatic heterocycles. The van der Waals surface area contributed by atoms with E-state index in [0.717, 1.165) is 23.4 Å². The van der Waals surface area contributed by atoms with E-state index in [0.29, 0.717) is 30.0 Å². The minimum Gasteiger partial charge on any atom is -0.416 e. The summed E-state index contributed by atoms with van der Waals surface area (Å²) in [5, 5.41) is 6.09. The molecule has 1 aliphatic rings. The Balaban J connectivity index is 1.75. The van der Waals surface area contributed by atoms with E-state index in [1.807, 2.05) is 24.3 Å². The Morgan fingerprint density at radius 1 is 1.21 bits per heavy atom. The Kier molecular flexibility index (Phi) is 7.79. The summed E-state index contributed by atoms with van der Waals surface area (Å²) in [7, 11) is -1.87. The Bertz CT molecular complexity index is 1050. The van der Waals surface area contributed by atoms with Crippen molar-refractivity contribution in [2.45, 2.75) is 62.3 Å². The van der Waals surface area contributed by atoms with Crippen LogP contribution in [0.2, 0.25) is 18.1 Å². The monoisotopic (exact) mass is 510 g/mol. The van der Waals surface area contributed by atoms with Crippen LogP contribution in [-0.2, 0) is 21.8 Å². The first kappa shape index (κ1) is 26.6. The van der Waals surface area contributed by atoms with Crippen molar-refractivity contribution >= 4 is 37.4 Å². The maximum atomic E-state index is 13.4. The second kappa shape index (κ2) is 9.95. The van der Waals surface area contributed by atoms with Gasteiger partial charge in [-0.05, 0) is 60.1 Å². The van der Waals surface area contributed by atoms with E-state index >= 15 is 0 Å². The van der Waals surface area contributed by atoms with Crippen molar-refractivity contribution in [2.24, 2.45) is 0 Å². The zero-order chi connectivity index (χ0) is 25.3. The average molecular weight is 511 g/mol. The van der Waals surface area contributed by atoms with E-state index < -0.39 is 26.0 Å². The van der Waals surface area contributed by atoms with Crippen LogP contribution in [0.25, 0.3) is 0 Å². The SMILES string of the molecule is CSc1cc2c(cc1C(F)(F)F)NCC2C(=O)Nc1ccccc1CCO[Si](C)(C)C(C)(C)C. The zero-order valence-corrected chi connectivity index (χ0v) is 22.3. The molecule has 2 aromatic rings. The van der Waals surface area contributed by atoms with Crippen LogP contribution >= 0.6 is 11.8 Å². The highest BCUT2D eigenvalue weighted by Crippen LogP contribution is 2.43. The van der Waals surface area contributed by atoms with Crippen molar-refractivity contribution < 1.29 is 22.4 Å². The maximum absolute atomic E-state index is 13.4. The normalized spacial score (nSPS) is 16.2. The summed E-state index contributed by atoms with van der Waals surface area (Å²) in [6.45, 7) is 11.8. The lowest BCUT2D eigenvalue weighted by Gasteiger charge is -2.36. The number of rotatable bonds is 7. The Morgan fingerprint density at radius 2 is 1.88 bits per heavy atom. The van der Waals surface area contributed by atoms with Gasteiger partial charge in [0.25, 0.3) is 0 Å². The zero-order valence-electron chi connectivity index (χ0n) is 20.5. The molecule has 1 amide bonds. The number of thioether (sulfide) groups is 1. The summed E-state index contributed by atoms with van der Waals surface area (Å²) in [6.07, 6.45) is -2.18. The van der Waals surface area contributed by atoms with Gasteiger partial charge in [-0.15, -0.1) is 11.8 Å². The van der Waals surface area contributed by atoms with Crippen molar-refractivity contribution in [1.29, 1.82) is 0 Å². The van der Waals surface area contributed by atoms with Gasteiger partial charge in [-0.1, -0.05) is 39.0 Å². The summed E-state index contributed by atoms with van der Waals surface area (Å²) in [4.78, 5) is 13.3. The van der Waals surface area contributed by atoms with Crippen LogP contribution in [0, 0.1) is 0 Å². The molecule has 4 nitrogen and oxygen atoms in total. The number of carbonyl (C=O) groups excluding carboxylic acids is 1. The molecule has 3 rings (SSSR count). The van der Waals surface area contributed by atoms with Crippen molar-refractivity contribution in [2.75, 3.05) is 30.0 Å². The van der Waals surface area contributed by atoms with Crippen LogP contribution in [0.3, 0.4) is 0 Å². The van der Waals surface area contributed by atoms with E-state index in [-0.39, 0.29) is 22.4 Å². The molecule has 1 atom stereocenters. The van der Waals surface area contributed by atoms with E-state index in [4.69, 9.17) is 4.43 Å². The number of hydrogen-bond acceptors (Lipinski definition) is 4. The molecule has 2 aromatic carbocycles. The minimum absolute atomic E-state index is 0.116. The number of halogens is 3. The molecule has 0 spiro atoms. The van der Waals surface area contributed by atoms with E-state index in [1.165, 1.54) is 6.07 Å². The van der Waals surface area contributed by atoms with Crippen LogP contribution < -0.4 is 10.6 Å². The van der Waals surface area contributed by atoms with Gasteiger partial charge in [-0.3, -0.25) is 4.79 Å². The topological polar surface area (TPSA) is 50.4 Å². The lowest BCUT2D eigenvalue weighted by molar-refractivity contribution is -0.139. The fourth-order valence-electron chi connectivity index (χ4n) is 3.70. The van der Waals surface area contributed by atoms with E-state index in [2.05, 4.69) is 44.5 Å². The molecule has 2 N–H and O–H groups in total. The third-order valence-electron chi connectivity index (χ3n) is 6.78. The summed E-state index contributed by atoms with van der Waals surface area (Å²) >= 11 is 1.03. The van der Waals surface area contributed by atoms with Crippen LogP contribution in [0.1, 0.15) is 43.4 Å². The first-order valence-electron chi connectivity index (χ1n) is 11.3. The number of fused-ring (bicyclic) bond motifs is 1. The number of hydrogen-bond donors (Lipinski definition) is 2. The highest BCUT2D eigenvalue weighted by Gasteiger charge is 2.38. The smallest absolute Gasteiger partial charge is 0.416 e. The highest BCUT2D eigenvalue weighted by atomic mass is 32.2. The molecule has 0 saturated heterocycles. The molecule has 9 heteroatoms. The quantitative estimate of drug-likeness (QED) is 0.307. The first-order chi connectivity index (χ1) is 15.7. The first-order valence-corrected chi connectivity index (χ1v) is 15.4. The molecule has 0 bridgehead atoms. The van der Waals surface area contributed by atoms with Crippen LogP contribution in [-0.4, -0.2) is 33.6 Å². The molecule has 0 radical (unpaired) electrons. The highest BCUT2D eigenvalue weighted by molar-refractivity contribution is 7.98. The number of benzene rings is 2. The lowest BCUT2D eigenvalue weighted by atomic mass is 9.98. The fraction of sp³-hybridized carbons (Fsp3) is 0.480. The van der Waals surface area contributed by atoms with Gasteiger partial charge in [0.1, 0.15) is 0 Å². The Morgan fingerprint density at radius 3 is 2.50 bits per heavy atom. The Hall–Kier alpha value is -1.97. The summed E-state index contributed by atoms with van der Waals surface area (Å²) in [5.41, 5.74) is 1.95. The second-order valence-electron chi connectivity index (χ2n) is 10.1. The van der Waals surface area contributed by atoms with Gasteiger partial charge in [-0.2, -0.15) is 13.2 Å². The number of anilines is 2. The molecular formula is C25H33F3N2O2SSi. The van der Waals surface area contributed by atoms with Gasteiger partial charge in [0, 0.05) is 29.4 Å². The third kappa shape index (κ3) is 5.80. The van der Waals surface area contributed by atoms with E-state index in [9.17, 15) is 18.0 Å². The van der Waals surface area contributed by atoms with Crippen molar-refractivity contribution in [3.63, 3.8) is 0 Å². The van der Waals surface area contributed by atoms with Crippen LogP contribution in [0.15, 0.2) is 41.3 Å². The Labute approximate surface area is 205 Å². The van der Waals surface area contributed by atoms with Crippen molar-refractivity contribution in [3.8, 4) is 0 Å². The number of carbonyl (C=O) groups is 1. The standard InChI is InChI=1S/C25H33F3N2O2SSi/c1-24(2,3)34(5,6)32-12-11-16-9-7-8-10-20(16)30-23(31)18-15-29-21-14-19(25(26,27)28)22(33-4)13-17(18)21/h7-10,13-14,18,29H,11-12,15H2,1-6H3,(H,30,31). The second-order valence-corrected chi connectivity index (χ2v) is 15.7. The molecular weight excluding hydrogens is 477 g/mol. The fourth-order valence-corrected chi connectivity index (χ4v) is 5.38. The average Bonchev–Trinajstić information content (AvgIpc) is 3.15. The molecule has 0 saturated carbocycles. The molecule has 0 aromatic heterocycles. The predicted molar refractivity (Wildman–Crippen MR) is 136 cm³/mol. The van der Waals surface area contributed by atoms with Gasteiger partial charge < -0.3 is 15.1 Å². The van der Waals surface area contributed by atoms with Gasteiger partial charge in [0.15, 0.2) is 8.32 Å². The third-order valence-corrected chi connectivity index (χ3v) is 12.1. The van der Waals surface area contributed by atoms with Gasteiger partial charge in [0.2, 0.25) is 5.91 Å². The molecule has 0 fully saturated rings. The number of amides is 1. The maximum Gasteiger partial charge on any atom is 0.417 e. The summed E-state index contributed by atoms with van der Waals surface area (Å²) in [6, 6.07) is 10.2. The molecule has 34 heavy (non-hydrogen) atoms. The van der Waals surface area contributed by atoms with Crippen LogP contribution in [0.4, 0.5) is 24.5 Å². The number of alkyl halides is 3. The van der Waals surface area contributed by atoms with Gasteiger partial charge in [0.05, 0.1) is 11.5 Å². The van der Waals surface area contributed by atoms with Gasteiger partial charge in [-0.25, -0.2) is 0 Å². The minimum atomic E-state index is -4.44. The summed E-state index contributed by atoms with van der Waals surface area (Å²) < 4.78 is 46.5. The molecule has 1 unspecified atom stereocenters. The summed E-state index contributed by atoms with van der Waals surface area (Å²) in [5.74, 6) is -0.810. The number of nitrogens with one attached hydrogen (secondary N) is 2. The lowest BCUT2D eigenvalue weighted by Crippen LogP contribution is -2.41. The molecule has 0 aliphatic carbocycles. The largest absolute Gasteiger partial charge is 0.417 e. The predicted octanol–water partition coefficient (Wildman–Crippen LogP) is 7.14.